The number of hydrogen-bond acceptors (Lipinski definition) is 2. The molecule has 0 aliphatic heterocycles. The summed E-state index contributed by atoms with van der Waals surface area (Å²) in [5.41, 5.74) is 7.19. The van der Waals surface area contributed by atoms with Crippen LogP contribution in [0.1, 0.15) is 24.9 Å². The molecule has 3 heteroatoms. The van der Waals surface area contributed by atoms with Crippen LogP contribution in [-0.4, -0.2) is 9.78 Å². The highest BCUT2D eigenvalue weighted by Gasteiger charge is 2.12. The zero-order chi connectivity index (χ0) is 11.4. The van der Waals surface area contributed by atoms with Crippen LogP contribution in [0.2, 0.25) is 0 Å². The van der Waals surface area contributed by atoms with Gasteiger partial charge in [-0.2, -0.15) is 5.10 Å². The molecule has 1 heterocycles. The molecule has 0 saturated heterocycles. The van der Waals surface area contributed by atoms with Crippen LogP contribution in [0.3, 0.4) is 0 Å². The second-order valence-corrected chi connectivity index (χ2v) is 3.95. The maximum absolute atomic E-state index is 5.87. The van der Waals surface area contributed by atoms with Gasteiger partial charge in [0.05, 0.1) is 12.2 Å². The molecule has 2 rings (SSSR count). The molecule has 16 heavy (non-hydrogen) atoms. The van der Waals surface area contributed by atoms with Gasteiger partial charge in [0, 0.05) is 0 Å². The summed E-state index contributed by atoms with van der Waals surface area (Å²) in [6, 6.07) is 12.6. The summed E-state index contributed by atoms with van der Waals surface area (Å²) in [6.45, 7) is 2.16. The van der Waals surface area contributed by atoms with Gasteiger partial charge in [-0.1, -0.05) is 37.3 Å². The van der Waals surface area contributed by atoms with E-state index in [1.165, 1.54) is 5.56 Å². The SMILES string of the molecule is CCC(Cc1ccccc1)n1nccc1N. The summed E-state index contributed by atoms with van der Waals surface area (Å²) in [5, 5.41) is 4.27. The second kappa shape index (κ2) is 4.84. The van der Waals surface area contributed by atoms with Crippen molar-refractivity contribution >= 4 is 5.82 Å². The molecule has 0 aliphatic carbocycles. The average Bonchev–Trinajstić information content (AvgIpc) is 2.74. The van der Waals surface area contributed by atoms with Crippen molar-refractivity contribution in [3.8, 4) is 0 Å². The Hall–Kier alpha value is -1.77. The first-order valence-corrected chi connectivity index (χ1v) is 5.64. The van der Waals surface area contributed by atoms with E-state index in [0.29, 0.717) is 6.04 Å². The molecule has 0 bridgehead atoms. The Morgan fingerprint density at radius 3 is 2.56 bits per heavy atom. The molecule has 3 nitrogen and oxygen atoms in total. The van der Waals surface area contributed by atoms with E-state index in [4.69, 9.17) is 5.73 Å². The molecule has 84 valence electrons. The van der Waals surface area contributed by atoms with E-state index in [-0.39, 0.29) is 0 Å². The van der Waals surface area contributed by atoms with Crippen molar-refractivity contribution in [1.29, 1.82) is 0 Å². The molecular formula is C13H17N3. The van der Waals surface area contributed by atoms with Crippen LogP contribution in [0.4, 0.5) is 5.82 Å². The number of rotatable bonds is 4. The molecule has 0 aliphatic rings. The third kappa shape index (κ3) is 2.24. The van der Waals surface area contributed by atoms with E-state index in [0.717, 1.165) is 18.7 Å². The normalized spacial score (nSPS) is 12.6. The molecular weight excluding hydrogens is 198 g/mol. The number of nitrogens with two attached hydrogens (primary N) is 1. The van der Waals surface area contributed by atoms with E-state index in [1.54, 1.807) is 6.20 Å². The number of nitrogen functional groups attached to an aromatic ring is 1. The van der Waals surface area contributed by atoms with Crippen molar-refractivity contribution < 1.29 is 0 Å². The molecule has 1 aromatic carbocycles. The van der Waals surface area contributed by atoms with E-state index >= 15 is 0 Å². The average molecular weight is 215 g/mol. The van der Waals surface area contributed by atoms with Gasteiger partial charge < -0.3 is 5.73 Å². The highest BCUT2D eigenvalue weighted by molar-refractivity contribution is 5.27. The third-order valence-electron chi connectivity index (χ3n) is 2.83. The highest BCUT2D eigenvalue weighted by Crippen LogP contribution is 2.19. The van der Waals surface area contributed by atoms with Crippen molar-refractivity contribution in [2.24, 2.45) is 0 Å². The lowest BCUT2D eigenvalue weighted by atomic mass is 10.0. The Morgan fingerprint density at radius 1 is 1.25 bits per heavy atom. The van der Waals surface area contributed by atoms with Gasteiger partial charge in [0.15, 0.2) is 0 Å². The highest BCUT2D eigenvalue weighted by atomic mass is 15.3. The van der Waals surface area contributed by atoms with Gasteiger partial charge in [0.2, 0.25) is 0 Å². The van der Waals surface area contributed by atoms with Crippen molar-refractivity contribution in [2.45, 2.75) is 25.8 Å². The Bertz CT molecular complexity index is 433. The van der Waals surface area contributed by atoms with Crippen LogP contribution in [0.25, 0.3) is 0 Å². The Balaban J connectivity index is 2.16. The monoisotopic (exact) mass is 215 g/mol. The molecule has 0 radical (unpaired) electrons. The van der Waals surface area contributed by atoms with Gasteiger partial charge in [0.25, 0.3) is 0 Å². The lowest BCUT2D eigenvalue weighted by Gasteiger charge is -2.17. The summed E-state index contributed by atoms with van der Waals surface area (Å²) in [4.78, 5) is 0. The van der Waals surface area contributed by atoms with E-state index < -0.39 is 0 Å². The molecule has 1 atom stereocenters. The van der Waals surface area contributed by atoms with E-state index in [9.17, 15) is 0 Å². The topological polar surface area (TPSA) is 43.8 Å². The number of hydrogen-bond donors (Lipinski definition) is 1. The third-order valence-corrected chi connectivity index (χ3v) is 2.83. The van der Waals surface area contributed by atoms with Crippen LogP contribution in [0.15, 0.2) is 42.6 Å². The minimum atomic E-state index is 0.345. The number of anilines is 1. The number of aromatic nitrogens is 2. The van der Waals surface area contributed by atoms with E-state index in [1.807, 2.05) is 16.8 Å². The van der Waals surface area contributed by atoms with Crippen molar-refractivity contribution in [2.75, 3.05) is 5.73 Å². The second-order valence-electron chi connectivity index (χ2n) is 3.95. The first kappa shape index (κ1) is 10.7. The fraction of sp³-hybridized carbons (Fsp3) is 0.308. The molecule has 1 unspecified atom stereocenters. The van der Waals surface area contributed by atoms with Crippen LogP contribution in [0, 0.1) is 0 Å². The summed E-state index contributed by atoms with van der Waals surface area (Å²) in [5.74, 6) is 0.739. The van der Waals surface area contributed by atoms with Gasteiger partial charge in [-0.15, -0.1) is 0 Å². The largest absolute Gasteiger partial charge is 0.384 e. The first-order chi connectivity index (χ1) is 7.81. The Kier molecular flexibility index (Phi) is 3.25. The molecule has 2 aromatic rings. The molecule has 0 saturated carbocycles. The molecule has 0 fully saturated rings. The minimum absolute atomic E-state index is 0.345. The first-order valence-electron chi connectivity index (χ1n) is 5.64. The standard InChI is InChI=1S/C13H17N3/c1-2-12(16-13(14)8-9-15-16)10-11-6-4-3-5-7-11/h3-9,12H,2,10,14H2,1H3. The lowest BCUT2D eigenvalue weighted by molar-refractivity contribution is 0.444. The summed E-state index contributed by atoms with van der Waals surface area (Å²) in [6.07, 6.45) is 3.76. The predicted molar refractivity (Wildman–Crippen MR) is 66.1 cm³/mol. The quantitative estimate of drug-likeness (QED) is 0.852. The molecule has 0 spiro atoms. The lowest BCUT2D eigenvalue weighted by Crippen LogP contribution is -2.14. The van der Waals surface area contributed by atoms with Gasteiger partial charge in [-0.05, 0) is 24.5 Å². The van der Waals surface area contributed by atoms with E-state index in [2.05, 4.69) is 36.3 Å². The smallest absolute Gasteiger partial charge is 0.121 e. The predicted octanol–water partition coefficient (Wildman–Crippen LogP) is 2.66. The number of benzene rings is 1. The maximum atomic E-state index is 5.87. The molecule has 2 N–H and O–H groups in total. The van der Waals surface area contributed by atoms with Gasteiger partial charge in [-0.3, -0.25) is 0 Å². The summed E-state index contributed by atoms with van der Waals surface area (Å²) in [7, 11) is 0. The van der Waals surface area contributed by atoms with Crippen molar-refractivity contribution in [3.63, 3.8) is 0 Å². The van der Waals surface area contributed by atoms with Crippen molar-refractivity contribution in [1.82, 2.24) is 9.78 Å². The fourth-order valence-corrected chi connectivity index (χ4v) is 1.92. The zero-order valence-electron chi connectivity index (χ0n) is 9.50. The maximum Gasteiger partial charge on any atom is 0.121 e. The van der Waals surface area contributed by atoms with Gasteiger partial charge >= 0.3 is 0 Å². The fourth-order valence-electron chi connectivity index (χ4n) is 1.92. The zero-order valence-corrected chi connectivity index (χ0v) is 9.50. The minimum Gasteiger partial charge on any atom is -0.384 e. The summed E-state index contributed by atoms with van der Waals surface area (Å²) < 4.78 is 1.91. The van der Waals surface area contributed by atoms with Crippen LogP contribution >= 0.6 is 0 Å². The Labute approximate surface area is 95.9 Å². The summed E-state index contributed by atoms with van der Waals surface area (Å²) >= 11 is 0. The molecule has 0 amide bonds. The van der Waals surface area contributed by atoms with Gasteiger partial charge in [0.1, 0.15) is 5.82 Å². The van der Waals surface area contributed by atoms with Crippen molar-refractivity contribution in [3.05, 3.63) is 48.2 Å². The van der Waals surface area contributed by atoms with Crippen LogP contribution in [0.5, 0.6) is 0 Å². The van der Waals surface area contributed by atoms with Crippen LogP contribution in [-0.2, 0) is 6.42 Å². The van der Waals surface area contributed by atoms with Gasteiger partial charge in [-0.25, -0.2) is 4.68 Å². The number of nitrogens with zero attached hydrogens (tertiary/aromatic N) is 2. The Morgan fingerprint density at radius 2 is 2.00 bits per heavy atom. The van der Waals surface area contributed by atoms with Crippen LogP contribution < -0.4 is 5.73 Å². The molecule has 1 aromatic heterocycles.